The predicted octanol–water partition coefficient (Wildman–Crippen LogP) is 0.682. The molecule has 1 fully saturated rings. The topological polar surface area (TPSA) is 142 Å². The first-order valence-electron chi connectivity index (χ1n) is 7.80. The Balaban J connectivity index is 1.81. The lowest BCUT2D eigenvalue weighted by Gasteiger charge is -2.36. The molecule has 0 spiro atoms. The third-order valence-electron chi connectivity index (χ3n) is 4.11. The molecule has 1 amide bonds. The fourth-order valence-electron chi connectivity index (χ4n) is 2.85. The van der Waals surface area contributed by atoms with E-state index < -0.39 is 10.8 Å². The molecular weight excluding hydrogens is 338 g/mol. The number of nitro groups is 1. The van der Waals surface area contributed by atoms with Crippen LogP contribution in [0.5, 0.6) is 0 Å². The van der Waals surface area contributed by atoms with Crippen LogP contribution in [0.1, 0.15) is 15.9 Å². The van der Waals surface area contributed by atoms with Gasteiger partial charge < -0.3 is 15.5 Å². The summed E-state index contributed by atoms with van der Waals surface area (Å²) in [4.78, 5) is 34.1. The average Bonchev–Trinajstić information content (AvgIpc) is 2.67. The van der Waals surface area contributed by atoms with Crippen LogP contribution in [0.3, 0.4) is 0 Å². The normalized spacial score (nSPS) is 14.0. The van der Waals surface area contributed by atoms with E-state index in [-0.39, 0.29) is 11.3 Å². The molecule has 3 rings (SSSR count). The van der Waals surface area contributed by atoms with Crippen molar-refractivity contribution >= 4 is 23.2 Å². The van der Waals surface area contributed by atoms with Crippen molar-refractivity contribution in [2.75, 3.05) is 36.0 Å². The van der Waals surface area contributed by atoms with Crippen LogP contribution in [0.15, 0.2) is 30.6 Å². The maximum atomic E-state index is 11.7. The standard InChI is InChI=1S/C16H15N7O3/c17-9-11-2-1-3-19-15(11)21-4-6-22(7-5-21)16-13(14(18)24)8-12(10-20-16)23(25)26/h1-3,8,10H,4-7H2,(H2,18,24). The quantitative estimate of drug-likeness (QED) is 0.624. The van der Waals surface area contributed by atoms with Crippen molar-refractivity contribution in [1.29, 1.82) is 5.26 Å². The molecule has 2 aromatic heterocycles. The Morgan fingerprint density at radius 3 is 2.46 bits per heavy atom. The van der Waals surface area contributed by atoms with Gasteiger partial charge in [-0.25, -0.2) is 9.97 Å². The van der Waals surface area contributed by atoms with E-state index in [2.05, 4.69) is 16.0 Å². The zero-order valence-corrected chi connectivity index (χ0v) is 13.7. The fourth-order valence-corrected chi connectivity index (χ4v) is 2.85. The highest BCUT2D eigenvalue weighted by Crippen LogP contribution is 2.25. The Labute approximate surface area is 148 Å². The monoisotopic (exact) mass is 353 g/mol. The van der Waals surface area contributed by atoms with Crippen LogP contribution in [0, 0.1) is 21.4 Å². The number of nitriles is 1. The number of amides is 1. The Bertz CT molecular complexity index is 901. The van der Waals surface area contributed by atoms with Crippen LogP contribution in [0.25, 0.3) is 0 Å². The van der Waals surface area contributed by atoms with Crippen molar-refractivity contribution in [3.8, 4) is 6.07 Å². The summed E-state index contributed by atoms with van der Waals surface area (Å²) in [6.45, 7) is 2.13. The Morgan fingerprint density at radius 2 is 1.88 bits per heavy atom. The lowest BCUT2D eigenvalue weighted by atomic mass is 10.2. The van der Waals surface area contributed by atoms with Gasteiger partial charge in [0.1, 0.15) is 23.9 Å². The summed E-state index contributed by atoms with van der Waals surface area (Å²) in [6, 6.07) is 6.68. The van der Waals surface area contributed by atoms with E-state index in [1.54, 1.807) is 18.3 Å². The van der Waals surface area contributed by atoms with Crippen molar-refractivity contribution in [3.63, 3.8) is 0 Å². The number of hydrogen-bond donors (Lipinski definition) is 1. The zero-order valence-electron chi connectivity index (χ0n) is 13.7. The van der Waals surface area contributed by atoms with Gasteiger partial charge in [0.25, 0.3) is 11.6 Å². The lowest BCUT2D eigenvalue weighted by molar-refractivity contribution is -0.385. The number of carbonyl (C=O) groups is 1. The van der Waals surface area contributed by atoms with E-state index in [9.17, 15) is 20.2 Å². The average molecular weight is 353 g/mol. The number of rotatable bonds is 4. The summed E-state index contributed by atoms with van der Waals surface area (Å²) < 4.78 is 0. The molecule has 132 valence electrons. The van der Waals surface area contributed by atoms with Gasteiger partial charge in [0.05, 0.1) is 16.1 Å². The first-order chi connectivity index (χ1) is 12.5. The van der Waals surface area contributed by atoms with Gasteiger partial charge in [-0.1, -0.05) is 0 Å². The molecule has 0 bridgehead atoms. The minimum Gasteiger partial charge on any atom is -0.365 e. The van der Waals surface area contributed by atoms with Crippen LogP contribution in [0.4, 0.5) is 17.3 Å². The van der Waals surface area contributed by atoms with Crippen LogP contribution in [-0.4, -0.2) is 47.0 Å². The van der Waals surface area contributed by atoms with E-state index in [0.29, 0.717) is 43.4 Å². The van der Waals surface area contributed by atoms with E-state index in [4.69, 9.17) is 5.73 Å². The third kappa shape index (κ3) is 3.23. The van der Waals surface area contributed by atoms with Gasteiger partial charge in [0.15, 0.2) is 0 Å². The van der Waals surface area contributed by atoms with E-state index in [1.807, 2.05) is 9.80 Å². The van der Waals surface area contributed by atoms with Crippen molar-refractivity contribution in [2.45, 2.75) is 0 Å². The van der Waals surface area contributed by atoms with Crippen LogP contribution < -0.4 is 15.5 Å². The Kier molecular flexibility index (Phi) is 4.62. The summed E-state index contributed by atoms with van der Waals surface area (Å²) in [5.41, 5.74) is 5.59. The molecule has 1 saturated heterocycles. The predicted molar refractivity (Wildman–Crippen MR) is 92.8 cm³/mol. The highest BCUT2D eigenvalue weighted by atomic mass is 16.6. The largest absolute Gasteiger partial charge is 0.365 e. The van der Waals surface area contributed by atoms with Gasteiger partial charge in [-0.2, -0.15) is 5.26 Å². The van der Waals surface area contributed by atoms with Crippen LogP contribution >= 0.6 is 0 Å². The number of hydrogen-bond acceptors (Lipinski definition) is 8. The molecule has 1 aliphatic heterocycles. The fraction of sp³-hybridized carbons (Fsp3) is 0.250. The molecule has 10 nitrogen and oxygen atoms in total. The molecule has 0 aliphatic carbocycles. The lowest BCUT2D eigenvalue weighted by Crippen LogP contribution is -2.48. The molecule has 0 atom stereocenters. The van der Waals surface area contributed by atoms with Gasteiger partial charge in [-0.3, -0.25) is 14.9 Å². The second kappa shape index (κ2) is 7.02. The Morgan fingerprint density at radius 1 is 1.23 bits per heavy atom. The van der Waals surface area contributed by atoms with E-state index in [1.165, 1.54) is 0 Å². The number of pyridine rings is 2. The van der Waals surface area contributed by atoms with Crippen molar-refractivity contribution in [3.05, 3.63) is 51.8 Å². The molecule has 10 heteroatoms. The summed E-state index contributed by atoms with van der Waals surface area (Å²) >= 11 is 0. The third-order valence-corrected chi connectivity index (χ3v) is 4.11. The maximum Gasteiger partial charge on any atom is 0.288 e. The van der Waals surface area contributed by atoms with Crippen LogP contribution in [0.2, 0.25) is 0 Å². The Hall–Kier alpha value is -3.74. The molecule has 26 heavy (non-hydrogen) atoms. The summed E-state index contributed by atoms with van der Waals surface area (Å²) in [6.07, 6.45) is 2.74. The highest BCUT2D eigenvalue weighted by Gasteiger charge is 2.25. The second-order valence-corrected chi connectivity index (χ2v) is 5.65. The van der Waals surface area contributed by atoms with Crippen LogP contribution in [-0.2, 0) is 0 Å². The van der Waals surface area contributed by atoms with E-state index in [0.717, 1.165) is 12.3 Å². The first kappa shape index (κ1) is 17.1. The van der Waals surface area contributed by atoms with E-state index >= 15 is 0 Å². The number of aromatic nitrogens is 2. The summed E-state index contributed by atoms with van der Waals surface area (Å²) in [7, 11) is 0. The van der Waals surface area contributed by atoms with Gasteiger partial charge in [-0.05, 0) is 12.1 Å². The zero-order chi connectivity index (χ0) is 18.7. The minimum atomic E-state index is -0.768. The molecule has 0 unspecified atom stereocenters. The summed E-state index contributed by atoms with van der Waals surface area (Å²) in [5, 5.41) is 20.1. The number of carbonyl (C=O) groups excluding carboxylic acids is 1. The minimum absolute atomic E-state index is 0.0169. The maximum absolute atomic E-state index is 11.7. The molecule has 0 radical (unpaired) electrons. The molecule has 3 heterocycles. The number of anilines is 2. The molecule has 2 aromatic rings. The number of nitrogens with two attached hydrogens (primary N) is 1. The van der Waals surface area contributed by atoms with Crippen molar-refractivity contribution in [2.24, 2.45) is 5.73 Å². The smallest absolute Gasteiger partial charge is 0.288 e. The number of nitrogens with zero attached hydrogens (tertiary/aromatic N) is 6. The van der Waals surface area contributed by atoms with Crippen molar-refractivity contribution in [1.82, 2.24) is 9.97 Å². The molecular formula is C16H15N7O3. The molecule has 1 aliphatic rings. The highest BCUT2D eigenvalue weighted by molar-refractivity contribution is 5.98. The number of primary amides is 1. The van der Waals surface area contributed by atoms with Gasteiger partial charge >= 0.3 is 0 Å². The summed E-state index contributed by atoms with van der Waals surface area (Å²) in [5.74, 6) is 0.167. The van der Waals surface area contributed by atoms with Crippen molar-refractivity contribution < 1.29 is 9.72 Å². The number of piperazine rings is 1. The van der Waals surface area contributed by atoms with Gasteiger partial charge in [0.2, 0.25) is 0 Å². The molecule has 2 N–H and O–H groups in total. The van der Waals surface area contributed by atoms with Gasteiger partial charge in [-0.15, -0.1) is 0 Å². The first-order valence-corrected chi connectivity index (χ1v) is 7.80. The second-order valence-electron chi connectivity index (χ2n) is 5.65. The van der Waals surface area contributed by atoms with Gasteiger partial charge in [0, 0.05) is 38.4 Å². The molecule has 0 aromatic carbocycles. The molecule has 0 saturated carbocycles. The SMILES string of the molecule is N#Cc1cccnc1N1CCN(c2ncc([N+](=O)[O-])cc2C(N)=O)CC1.